The van der Waals surface area contributed by atoms with E-state index in [9.17, 15) is 0 Å². The molecule has 0 radical (unpaired) electrons. The van der Waals surface area contributed by atoms with E-state index in [1.165, 1.54) is 22.1 Å². The van der Waals surface area contributed by atoms with Gasteiger partial charge in [-0.15, -0.1) is 0 Å². The number of rotatable bonds is 4. The van der Waals surface area contributed by atoms with Crippen molar-refractivity contribution >= 4 is 11.0 Å². The van der Waals surface area contributed by atoms with Crippen molar-refractivity contribution in [1.29, 1.82) is 0 Å². The summed E-state index contributed by atoms with van der Waals surface area (Å²) < 4.78 is 11.6. The van der Waals surface area contributed by atoms with E-state index in [0.717, 1.165) is 43.6 Å². The molecule has 1 aliphatic rings. The molecule has 0 atom stereocenters. The molecule has 0 spiro atoms. The van der Waals surface area contributed by atoms with Crippen LogP contribution in [0, 0.1) is 0 Å². The molecule has 3 nitrogen and oxygen atoms in total. The molecular weight excluding hydrogens is 226 g/mol. The SMILES string of the molecule is CCCc1c2c(c(CCN)c3ccoc13)OCC2. The average Bonchev–Trinajstić information content (AvgIpc) is 3.01. The third kappa shape index (κ3) is 1.62. The lowest BCUT2D eigenvalue weighted by Gasteiger charge is -2.13. The summed E-state index contributed by atoms with van der Waals surface area (Å²) in [5, 5.41) is 1.18. The molecule has 1 aromatic carbocycles. The molecule has 2 N–H and O–H groups in total. The lowest BCUT2D eigenvalue weighted by Crippen LogP contribution is -2.05. The molecule has 2 aromatic rings. The minimum absolute atomic E-state index is 0.642. The standard InChI is InChI=1S/C15H19NO2/c1-2-3-10-12-5-8-18-15(12)11(4-7-16)13-6-9-17-14(10)13/h6,9H,2-5,7-8,16H2,1H3. The predicted molar refractivity (Wildman–Crippen MR) is 72.2 cm³/mol. The molecule has 1 aromatic heterocycles. The zero-order valence-corrected chi connectivity index (χ0v) is 10.8. The van der Waals surface area contributed by atoms with Crippen LogP contribution in [0.2, 0.25) is 0 Å². The quantitative estimate of drug-likeness (QED) is 0.901. The molecule has 3 heteroatoms. The molecule has 0 bridgehead atoms. The smallest absolute Gasteiger partial charge is 0.137 e. The van der Waals surface area contributed by atoms with Crippen molar-refractivity contribution in [2.45, 2.75) is 32.6 Å². The Morgan fingerprint density at radius 1 is 1.28 bits per heavy atom. The van der Waals surface area contributed by atoms with Gasteiger partial charge in [-0.2, -0.15) is 0 Å². The maximum absolute atomic E-state index is 5.85. The summed E-state index contributed by atoms with van der Waals surface area (Å²) in [5.74, 6) is 1.08. The van der Waals surface area contributed by atoms with Crippen LogP contribution in [0.25, 0.3) is 11.0 Å². The third-order valence-corrected chi connectivity index (χ3v) is 3.67. The first kappa shape index (κ1) is 11.6. The van der Waals surface area contributed by atoms with E-state index in [0.29, 0.717) is 6.54 Å². The van der Waals surface area contributed by atoms with E-state index in [1.807, 2.05) is 6.07 Å². The minimum atomic E-state index is 0.642. The molecule has 0 aliphatic carbocycles. The minimum Gasteiger partial charge on any atom is -0.493 e. The van der Waals surface area contributed by atoms with Gasteiger partial charge in [0.25, 0.3) is 0 Å². The van der Waals surface area contributed by atoms with Crippen molar-refractivity contribution in [2.24, 2.45) is 5.73 Å². The monoisotopic (exact) mass is 245 g/mol. The van der Waals surface area contributed by atoms with E-state index >= 15 is 0 Å². The summed E-state index contributed by atoms with van der Waals surface area (Å²) in [7, 11) is 0. The van der Waals surface area contributed by atoms with Crippen molar-refractivity contribution in [3.8, 4) is 5.75 Å². The van der Waals surface area contributed by atoms with Crippen LogP contribution in [0.5, 0.6) is 5.75 Å². The molecule has 0 unspecified atom stereocenters. The molecule has 0 amide bonds. The number of hydrogen-bond donors (Lipinski definition) is 1. The zero-order valence-electron chi connectivity index (χ0n) is 10.8. The van der Waals surface area contributed by atoms with E-state index in [2.05, 4.69) is 6.92 Å². The van der Waals surface area contributed by atoms with Crippen LogP contribution < -0.4 is 10.5 Å². The zero-order chi connectivity index (χ0) is 12.5. The molecule has 0 saturated heterocycles. The molecular formula is C15H19NO2. The lowest BCUT2D eigenvalue weighted by molar-refractivity contribution is 0.354. The highest BCUT2D eigenvalue weighted by molar-refractivity contribution is 5.88. The second kappa shape index (κ2) is 4.65. The van der Waals surface area contributed by atoms with Crippen molar-refractivity contribution in [2.75, 3.05) is 13.2 Å². The molecule has 18 heavy (non-hydrogen) atoms. The summed E-state index contributed by atoms with van der Waals surface area (Å²) in [4.78, 5) is 0. The fourth-order valence-corrected chi connectivity index (χ4v) is 2.96. The summed E-state index contributed by atoms with van der Waals surface area (Å²) in [6, 6.07) is 2.04. The first-order valence-electron chi connectivity index (χ1n) is 6.73. The van der Waals surface area contributed by atoms with Gasteiger partial charge in [0.1, 0.15) is 11.3 Å². The van der Waals surface area contributed by atoms with Gasteiger partial charge >= 0.3 is 0 Å². The number of fused-ring (bicyclic) bond motifs is 2. The van der Waals surface area contributed by atoms with E-state index in [1.54, 1.807) is 6.26 Å². The highest BCUT2D eigenvalue weighted by Crippen LogP contribution is 2.40. The maximum atomic E-state index is 5.85. The number of ether oxygens (including phenoxy) is 1. The van der Waals surface area contributed by atoms with Crippen molar-refractivity contribution in [3.63, 3.8) is 0 Å². The number of furan rings is 1. The van der Waals surface area contributed by atoms with Crippen molar-refractivity contribution in [3.05, 3.63) is 29.0 Å². The average molecular weight is 245 g/mol. The molecule has 3 rings (SSSR count). The van der Waals surface area contributed by atoms with Gasteiger partial charge in [-0.1, -0.05) is 13.3 Å². The summed E-state index contributed by atoms with van der Waals surface area (Å²) in [6.07, 6.45) is 5.81. The Hall–Kier alpha value is -1.48. The highest BCUT2D eigenvalue weighted by atomic mass is 16.5. The van der Waals surface area contributed by atoms with E-state index < -0.39 is 0 Å². The maximum Gasteiger partial charge on any atom is 0.137 e. The Labute approximate surface area is 107 Å². The van der Waals surface area contributed by atoms with Gasteiger partial charge in [-0.25, -0.2) is 0 Å². The second-order valence-corrected chi connectivity index (χ2v) is 4.82. The number of aryl methyl sites for hydroxylation is 1. The summed E-state index contributed by atoms with van der Waals surface area (Å²) >= 11 is 0. The van der Waals surface area contributed by atoms with Crippen LogP contribution >= 0.6 is 0 Å². The molecule has 0 saturated carbocycles. The summed E-state index contributed by atoms with van der Waals surface area (Å²) in [5.41, 5.74) is 10.7. The van der Waals surface area contributed by atoms with Gasteiger partial charge < -0.3 is 14.9 Å². The van der Waals surface area contributed by atoms with Gasteiger partial charge in [-0.3, -0.25) is 0 Å². The Bertz CT molecular complexity index is 523. The first-order chi connectivity index (χ1) is 8.86. The Morgan fingerprint density at radius 3 is 2.94 bits per heavy atom. The predicted octanol–water partition coefficient (Wildman–Crippen LogP) is 2.82. The van der Waals surface area contributed by atoms with Gasteiger partial charge in [0.15, 0.2) is 0 Å². The van der Waals surface area contributed by atoms with Crippen LogP contribution in [-0.4, -0.2) is 13.2 Å². The number of nitrogens with two attached hydrogens (primary N) is 1. The second-order valence-electron chi connectivity index (χ2n) is 4.82. The fourth-order valence-electron chi connectivity index (χ4n) is 2.96. The van der Waals surface area contributed by atoms with E-state index in [4.69, 9.17) is 14.9 Å². The van der Waals surface area contributed by atoms with E-state index in [-0.39, 0.29) is 0 Å². The van der Waals surface area contributed by atoms with Gasteiger partial charge in [0, 0.05) is 28.5 Å². The lowest BCUT2D eigenvalue weighted by atomic mass is 9.93. The Balaban J connectivity index is 2.29. The third-order valence-electron chi connectivity index (χ3n) is 3.67. The van der Waals surface area contributed by atoms with Crippen LogP contribution in [0.4, 0.5) is 0 Å². The van der Waals surface area contributed by atoms with Gasteiger partial charge in [0.2, 0.25) is 0 Å². The molecule has 2 heterocycles. The highest BCUT2D eigenvalue weighted by Gasteiger charge is 2.25. The molecule has 1 aliphatic heterocycles. The van der Waals surface area contributed by atoms with Crippen LogP contribution in [0.15, 0.2) is 16.7 Å². The van der Waals surface area contributed by atoms with Gasteiger partial charge in [-0.05, 0) is 25.5 Å². The normalized spacial score (nSPS) is 13.9. The summed E-state index contributed by atoms with van der Waals surface area (Å²) in [6.45, 7) is 3.63. The van der Waals surface area contributed by atoms with Gasteiger partial charge in [0.05, 0.1) is 12.9 Å². The van der Waals surface area contributed by atoms with Crippen LogP contribution in [0.3, 0.4) is 0 Å². The fraction of sp³-hybridized carbons (Fsp3) is 0.467. The molecule has 96 valence electrons. The topological polar surface area (TPSA) is 48.4 Å². The Morgan fingerprint density at radius 2 is 2.17 bits per heavy atom. The van der Waals surface area contributed by atoms with Crippen LogP contribution in [-0.2, 0) is 19.3 Å². The largest absolute Gasteiger partial charge is 0.493 e. The van der Waals surface area contributed by atoms with Crippen molar-refractivity contribution in [1.82, 2.24) is 0 Å². The molecule has 0 fully saturated rings. The first-order valence-corrected chi connectivity index (χ1v) is 6.73. The number of benzene rings is 1. The Kier molecular flexibility index (Phi) is 3.00. The number of hydrogen-bond acceptors (Lipinski definition) is 3. The van der Waals surface area contributed by atoms with Crippen LogP contribution in [0.1, 0.15) is 30.0 Å². The van der Waals surface area contributed by atoms with Crippen molar-refractivity contribution < 1.29 is 9.15 Å².